The third kappa shape index (κ3) is 4.15. The second-order valence-electron chi connectivity index (χ2n) is 9.18. The van der Waals surface area contributed by atoms with Crippen LogP contribution >= 0.6 is 11.6 Å². The third-order valence-corrected chi connectivity index (χ3v) is 7.15. The summed E-state index contributed by atoms with van der Waals surface area (Å²) in [6.45, 7) is 0.876. The average Bonchev–Trinajstić information content (AvgIpc) is 3.66. The maximum absolute atomic E-state index is 6.70. The molecule has 2 aliphatic rings. The molecule has 4 aromatic rings. The lowest BCUT2D eigenvalue weighted by Crippen LogP contribution is -2.21. The van der Waals surface area contributed by atoms with E-state index < -0.39 is 0 Å². The highest BCUT2D eigenvalue weighted by atomic mass is 35.5. The number of aromatic nitrogens is 5. The van der Waals surface area contributed by atoms with Gasteiger partial charge >= 0.3 is 0 Å². The van der Waals surface area contributed by atoms with E-state index in [1.807, 2.05) is 30.3 Å². The second-order valence-corrected chi connectivity index (χ2v) is 9.59. The van der Waals surface area contributed by atoms with Crippen molar-refractivity contribution in [1.82, 2.24) is 24.7 Å². The van der Waals surface area contributed by atoms with Crippen LogP contribution in [0.3, 0.4) is 0 Å². The number of halogens is 1. The summed E-state index contributed by atoms with van der Waals surface area (Å²) >= 11 is 6.70. The van der Waals surface area contributed by atoms with E-state index in [1.54, 1.807) is 26.7 Å². The van der Waals surface area contributed by atoms with Crippen LogP contribution in [0.4, 0.5) is 5.69 Å². The van der Waals surface area contributed by atoms with Gasteiger partial charge in [0.2, 0.25) is 5.88 Å². The number of rotatable bonds is 7. The van der Waals surface area contributed by atoms with E-state index in [0.29, 0.717) is 22.6 Å². The molecule has 1 atom stereocenters. The molecule has 1 aliphatic heterocycles. The Bertz CT molecular complexity index is 1420. The number of hydrogen-bond donors (Lipinski definition) is 1. The van der Waals surface area contributed by atoms with E-state index in [4.69, 9.17) is 26.2 Å². The van der Waals surface area contributed by atoms with Crippen molar-refractivity contribution in [2.24, 2.45) is 0 Å². The molecule has 0 amide bonds. The van der Waals surface area contributed by atoms with Crippen molar-refractivity contribution in [3.8, 4) is 34.1 Å². The predicted octanol–water partition coefficient (Wildman–Crippen LogP) is 5.90. The van der Waals surface area contributed by atoms with Gasteiger partial charge in [-0.15, -0.1) is 0 Å². The van der Waals surface area contributed by atoms with E-state index in [2.05, 4.69) is 31.0 Å². The molecule has 0 spiro atoms. The number of anilines is 1. The Kier molecular flexibility index (Phi) is 5.97. The van der Waals surface area contributed by atoms with Crippen molar-refractivity contribution in [2.45, 2.75) is 44.2 Å². The maximum Gasteiger partial charge on any atom is 0.226 e. The van der Waals surface area contributed by atoms with Gasteiger partial charge in [-0.25, -0.2) is 9.97 Å². The minimum Gasteiger partial charge on any atom is -0.494 e. The SMILES string of the molecule is COc1cccnc1-c1ccc(N[C@@H]2CCCn3nc(-c4c(OC)ncnc4C4CC4)cc32)cc1Cl. The van der Waals surface area contributed by atoms with Gasteiger partial charge in [0.25, 0.3) is 0 Å². The number of methoxy groups -OCH3 is 2. The molecule has 1 N–H and O–H groups in total. The Morgan fingerprint density at radius 1 is 1.03 bits per heavy atom. The van der Waals surface area contributed by atoms with Crippen LogP contribution in [0, 0.1) is 0 Å². The minimum absolute atomic E-state index is 0.103. The van der Waals surface area contributed by atoms with Crippen molar-refractivity contribution < 1.29 is 9.47 Å². The van der Waals surface area contributed by atoms with Gasteiger partial charge in [-0.05, 0) is 62.1 Å². The van der Waals surface area contributed by atoms with Gasteiger partial charge in [0.1, 0.15) is 17.8 Å². The fourth-order valence-corrected chi connectivity index (χ4v) is 5.22. The van der Waals surface area contributed by atoms with Crippen LogP contribution < -0.4 is 14.8 Å². The number of hydrogen-bond acceptors (Lipinski definition) is 7. The smallest absolute Gasteiger partial charge is 0.226 e. The van der Waals surface area contributed by atoms with Crippen LogP contribution in [0.2, 0.25) is 5.02 Å². The molecule has 184 valence electrons. The number of fused-ring (bicyclic) bond motifs is 1. The summed E-state index contributed by atoms with van der Waals surface area (Å²) in [5, 5.41) is 9.23. The van der Waals surface area contributed by atoms with Gasteiger partial charge in [0, 0.05) is 29.9 Å². The topological polar surface area (TPSA) is 87.0 Å². The Balaban J connectivity index is 1.30. The first-order valence-electron chi connectivity index (χ1n) is 12.2. The zero-order valence-electron chi connectivity index (χ0n) is 20.2. The van der Waals surface area contributed by atoms with Gasteiger partial charge < -0.3 is 14.8 Å². The van der Waals surface area contributed by atoms with Crippen LogP contribution in [-0.2, 0) is 6.54 Å². The number of aryl methyl sites for hydroxylation is 1. The Hall–Kier alpha value is -3.65. The number of pyridine rings is 1. The minimum atomic E-state index is 0.103. The van der Waals surface area contributed by atoms with Gasteiger partial charge in [0.05, 0.1) is 47.9 Å². The molecule has 36 heavy (non-hydrogen) atoms. The summed E-state index contributed by atoms with van der Waals surface area (Å²) in [4.78, 5) is 13.4. The van der Waals surface area contributed by atoms with Crippen molar-refractivity contribution >= 4 is 17.3 Å². The van der Waals surface area contributed by atoms with Crippen molar-refractivity contribution in [3.63, 3.8) is 0 Å². The molecule has 9 heteroatoms. The highest BCUT2D eigenvalue weighted by Gasteiger charge is 2.32. The molecule has 6 rings (SSSR count). The highest BCUT2D eigenvalue weighted by molar-refractivity contribution is 6.33. The summed E-state index contributed by atoms with van der Waals surface area (Å²) in [7, 11) is 3.28. The number of ether oxygens (including phenoxy) is 2. The number of nitrogens with zero attached hydrogens (tertiary/aromatic N) is 5. The molecule has 3 aromatic heterocycles. The molecule has 8 nitrogen and oxygen atoms in total. The highest BCUT2D eigenvalue weighted by Crippen LogP contribution is 2.46. The summed E-state index contributed by atoms with van der Waals surface area (Å²) in [5.41, 5.74) is 6.46. The quantitative estimate of drug-likeness (QED) is 0.336. The van der Waals surface area contributed by atoms with Crippen LogP contribution in [0.15, 0.2) is 48.9 Å². The summed E-state index contributed by atoms with van der Waals surface area (Å²) in [6.07, 6.45) is 7.64. The molecule has 0 radical (unpaired) electrons. The molecule has 0 unspecified atom stereocenters. The largest absolute Gasteiger partial charge is 0.494 e. The van der Waals surface area contributed by atoms with E-state index >= 15 is 0 Å². The van der Waals surface area contributed by atoms with E-state index in [9.17, 15) is 0 Å². The Labute approximate surface area is 214 Å². The van der Waals surface area contributed by atoms with Gasteiger partial charge in [-0.1, -0.05) is 11.6 Å². The van der Waals surface area contributed by atoms with E-state index in [1.165, 1.54) is 0 Å². The predicted molar refractivity (Wildman–Crippen MR) is 139 cm³/mol. The normalized spacial score (nSPS) is 16.9. The second kappa shape index (κ2) is 9.43. The third-order valence-electron chi connectivity index (χ3n) is 6.84. The Morgan fingerprint density at radius 3 is 2.69 bits per heavy atom. The summed E-state index contributed by atoms with van der Waals surface area (Å²) in [5.74, 6) is 1.73. The standard InChI is InChI=1S/C27H27ClN6O2/c1-35-23-6-3-11-29-26(23)18-10-9-17(13-19(18)28)32-20-5-4-12-34-22(20)14-21(33-34)24-25(16-7-8-16)30-15-31-27(24)36-2/h3,6,9-11,13-16,20,32H,4-5,7-8,12H2,1-2H3/t20-/m1/s1. The fraction of sp³-hybridized carbons (Fsp3) is 0.333. The molecule has 1 fully saturated rings. The lowest BCUT2D eigenvalue weighted by Gasteiger charge is -2.25. The van der Waals surface area contributed by atoms with Gasteiger partial charge in [0.15, 0.2) is 0 Å². The fourth-order valence-electron chi connectivity index (χ4n) is 4.95. The zero-order valence-corrected chi connectivity index (χ0v) is 21.0. The average molecular weight is 503 g/mol. The van der Waals surface area contributed by atoms with Crippen molar-refractivity contribution in [3.05, 3.63) is 65.3 Å². The molecular weight excluding hydrogens is 476 g/mol. The van der Waals surface area contributed by atoms with E-state index in [0.717, 1.165) is 71.8 Å². The number of benzene rings is 1. The zero-order chi connectivity index (χ0) is 24.6. The summed E-state index contributed by atoms with van der Waals surface area (Å²) < 4.78 is 13.2. The summed E-state index contributed by atoms with van der Waals surface area (Å²) in [6, 6.07) is 11.9. The first kappa shape index (κ1) is 22.8. The van der Waals surface area contributed by atoms with Crippen LogP contribution in [0.25, 0.3) is 22.5 Å². The molecule has 4 heterocycles. The van der Waals surface area contributed by atoms with Crippen LogP contribution in [-0.4, -0.2) is 39.0 Å². The first-order valence-corrected chi connectivity index (χ1v) is 12.6. The number of nitrogens with one attached hydrogen (secondary N) is 1. The van der Waals surface area contributed by atoms with Crippen molar-refractivity contribution in [1.29, 1.82) is 0 Å². The maximum atomic E-state index is 6.70. The molecule has 1 aliphatic carbocycles. The monoisotopic (exact) mass is 502 g/mol. The van der Waals surface area contributed by atoms with Crippen LogP contribution in [0.5, 0.6) is 11.6 Å². The van der Waals surface area contributed by atoms with Crippen molar-refractivity contribution in [2.75, 3.05) is 19.5 Å². The first-order chi connectivity index (χ1) is 17.7. The molecular formula is C27H27ClN6O2. The lowest BCUT2D eigenvalue weighted by atomic mass is 10.0. The molecule has 0 bridgehead atoms. The van der Waals surface area contributed by atoms with Crippen LogP contribution in [0.1, 0.15) is 49.0 Å². The Morgan fingerprint density at radius 2 is 1.92 bits per heavy atom. The van der Waals surface area contributed by atoms with Gasteiger partial charge in [-0.2, -0.15) is 5.10 Å². The molecule has 1 saturated carbocycles. The van der Waals surface area contributed by atoms with Gasteiger partial charge in [-0.3, -0.25) is 9.67 Å². The van der Waals surface area contributed by atoms with E-state index in [-0.39, 0.29) is 6.04 Å². The lowest BCUT2D eigenvalue weighted by molar-refractivity contribution is 0.397. The molecule has 0 saturated heterocycles. The molecule has 1 aromatic carbocycles.